The van der Waals surface area contributed by atoms with E-state index in [2.05, 4.69) is 5.32 Å². The third-order valence-electron chi connectivity index (χ3n) is 2.88. The van der Waals surface area contributed by atoms with Gasteiger partial charge in [-0.3, -0.25) is 14.9 Å². The van der Waals surface area contributed by atoms with Crippen molar-refractivity contribution in [3.63, 3.8) is 0 Å². The summed E-state index contributed by atoms with van der Waals surface area (Å²) >= 11 is 0. The molecule has 0 aliphatic heterocycles. The van der Waals surface area contributed by atoms with E-state index in [-0.39, 0.29) is 17.0 Å². The number of anilines is 1. The van der Waals surface area contributed by atoms with Crippen molar-refractivity contribution in [3.05, 3.63) is 33.9 Å². The molecule has 0 aliphatic carbocycles. The Labute approximate surface area is 112 Å². The molecule has 0 spiro atoms. The maximum atomic E-state index is 11.9. The quantitative estimate of drug-likeness (QED) is 0.646. The van der Waals surface area contributed by atoms with Crippen LogP contribution in [-0.4, -0.2) is 16.9 Å². The van der Waals surface area contributed by atoms with E-state index in [0.29, 0.717) is 11.3 Å². The zero-order chi connectivity index (χ0) is 14.8. The molecule has 0 heterocycles. The molecule has 0 radical (unpaired) electrons. The van der Waals surface area contributed by atoms with Gasteiger partial charge in [-0.2, -0.15) is 0 Å². The standard InChI is InChI=1S/C13H19N3O3/c1-8-7-9(5-6-10(8)16(18)19)15-12(17)11(14)13(2,3)4/h5-7,11H,14H2,1-4H3,(H,15,17)/t11-/m1/s1. The Morgan fingerprint density at radius 1 is 1.42 bits per heavy atom. The van der Waals surface area contributed by atoms with E-state index in [0.717, 1.165) is 0 Å². The molecule has 3 N–H and O–H groups in total. The van der Waals surface area contributed by atoms with Crippen molar-refractivity contribution in [2.24, 2.45) is 11.1 Å². The third-order valence-corrected chi connectivity index (χ3v) is 2.88. The lowest BCUT2D eigenvalue weighted by Gasteiger charge is -2.25. The fourth-order valence-electron chi connectivity index (χ4n) is 1.55. The Morgan fingerprint density at radius 3 is 2.42 bits per heavy atom. The number of nitrogens with one attached hydrogen (secondary N) is 1. The SMILES string of the molecule is Cc1cc(NC(=O)[C@@H](N)C(C)(C)C)ccc1[N+](=O)[O-]. The van der Waals surface area contributed by atoms with Crippen molar-refractivity contribution in [3.8, 4) is 0 Å². The van der Waals surface area contributed by atoms with Crippen molar-refractivity contribution >= 4 is 17.3 Å². The number of hydrogen-bond donors (Lipinski definition) is 2. The summed E-state index contributed by atoms with van der Waals surface area (Å²) in [7, 11) is 0. The summed E-state index contributed by atoms with van der Waals surface area (Å²) in [4.78, 5) is 22.2. The minimum Gasteiger partial charge on any atom is -0.325 e. The van der Waals surface area contributed by atoms with Crippen LogP contribution >= 0.6 is 0 Å². The van der Waals surface area contributed by atoms with Crippen LogP contribution in [0.25, 0.3) is 0 Å². The Bertz CT molecular complexity index is 506. The zero-order valence-corrected chi connectivity index (χ0v) is 11.6. The van der Waals surface area contributed by atoms with Gasteiger partial charge in [0, 0.05) is 17.3 Å². The van der Waals surface area contributed by atoms with Gasteiger partial charge in [-0.1, -0.05) is 20.8 Å². The summed E-state index contributed by atoms with van der Waals surface area (Å²) in [5.41, 5.74) is 6.52. The van der Waals surface area contributed by atoms with Crippen LogP contribution < -0.4 is 11.1 Å². The summed E-state index contributed by atoms with van der Waals surface area (Å²) in [6.07, 6.45) is 0. The van der Waals surface area contributed by atoms with Crippen molar-refractivity contribution in [1.82, 2.24) is 0 Å². The highest BCUT2D eigenvalue weighted by Crippen LogP contribution is 2.23. The van der Waals surface area contributed by atoms with Crippen LogP contribution in [-0.2, 0) is 4.79 Å². The summed E-state index contributed by atoms with van der Waals surface area (Å²) < 4.78 is 0. The first-order chi connectivity index (χ1) is 8.62. The molecule has 1 aromatic carbocycles. The predicted octanol–water partition coefficient (Wildman–Crippen LogP) is 2.22. The monoisotopic (exact) mass is 265 g/mol. The summed E-state index contributed by atoms with van der Waals surface area (Å²) in [6.45, 7) is 7.24. The maximum absolute atomic E-state index is 11.9. The number of nitrogens with two attached hydrogens (primary N) is 1. The molecule has 0 aliphatic rings. The molecule has 1 amide bonds. The van der Waals surface area contributed by atoms with Crippen LogP contribution in [0.1, 0.15) is 26.3 Å². The van der Waals surface area contributed by atoms with E-state index >= 15 is 0 Å². The van der Waals surface area contributed by atoms with Crippen LogP contribution in [0.2, 0.25) is 0 Å². The first kappa shape index (κ1) is 15.1. The Morgan fingerprint density at radius 2 is 2.00 bits per heavy atom. The normalized spacial score (nSPS) is 12.9. The lowest BCUT2D eigenvalue weighted by molar-refractivity contribution is -0.385. The predicted molar refractivity (Wildman–Crippen MR) is 73.9 cm³/mol. The Hall–Kier alpha value is -1.95. The van der Waals surface area contributed by atoms with Crippen LogP contribution in [0.4, 0.5) is 11.4 Å². The number of benzene rings is 1. The second-order valence-corrected chi connectivity index (χ2v) is 5.59. The topological polar surface area (TPSA) is 98.3 Å². The van der Waals surface area contributed by atoms with Gasteiger partial charge >= 0.3 is 0 Å². The number of rotatable bonds is 3. The average molecular weight is 265 g/mol. The number of hydrogen-bond acceptors (Lipinski definition) is 4. The number of carbonyl (C=O) groups is 1. The summed E-state index contributed by atoms with van der Waals surface area (Å²) in [5, 5.41) is 13.4. The molecule has 1 atom stereocenters. The first-order valence-corrected chi connectivity index (χ1v) is 5.94. The molecule has 0 unspecified atom stereocenters. The number of carbonyl (C=O) groups excluding carboxylic acids is 1. The van der Waals surface area contributed by atoms with Gasteiger partial charge in [-0.05, 0) is 24.5 Å². The van der Waals surface area contributed by atoms with E-state index in [1.807, 2.05) is 20.8 Å². The van der Waals surface area contributed by atoms with Crippen LogP contribution in [0.3, 0.4) is 0 Å². The van der Waals surface area contributed by atoms with Crippen LogP contribution in [0, 0.1) is 22.5 Å². The van der Waals surface area contributed by atoms with Crippen molar-refractivity contribution < 1.29 is 9.72 Å². The molecule has 0 saturated carbocycles. The summed E-state index contributed by atoms with van der Waals surface area (Å²) in [5.74, 6) is -0.305. The number of nitro benzene ring substituents is 1. The fraction of sp³-hybridized carbons (Fsp3) is 0.462. The highest BCUT2D eigenvalue weighted by atomic mass is 16.6. The van der Waals surface area contributed by atoms with Gasteiger partial charge in [0.05, 0.1) is 11.0 Å². The van der Waals surface area contributed by atoms with E-state index in [1.54, 1.807) is 13.0 Å². The molecule has 1 aromatic rings. The lowest BCUT2D eigenvalue weighted by atomic mass is 9.87. The zero-order valence-electron chi connectivity index (χ0n) is 11.6. The van der Waals surface area contributed by atoms with E-state index in [1.165, 1.54) is 12.1 Å². The highest BCUT2D eigenvalue weighted by molar-refractivity contribution is 5.95. The molecule has 0 fully saturated rings. The average Bonchev–Trinajstić information content (AvgIpc) is 2.26. The van der Waals surface area contributed by atoms with Gasteiger partial charge in [0.25, 0.3) is 5.69 Å². The van der Waals surface area contributed by atoms with Gasteiger partial charge in [0.15, 0.2) is 0 Å². The smallest absolute Gasteiger partial charge is 0.272 e. The molecule has 6 nitrogen and oxygen atoms in total. The fourth-order valence-corrected chi connectivity index (χ4v) is 1.55. The minimum absolute atomic E-state index is 0.0260. The van der Waals surface area contributed by atoms with Gasteiger partial charge in [-0.25, -0.2) is 0 Å². The molecular formula is C13H19N3O3. The van der Waals surface area contributed by atoms with E-state index < -0.39 is 11.0 Å². The van der Waals surface area contributed by atoms with Gasteiger partial charge in [-0.15, -0.1) is 0 Å². The minimum atomic E-state index is -0.650. The maximum Gasteiger partial charge on any atom is 0.272 e. The first-order valence-electron chi connectivity index (χ1n) is 5.94. The number of amides is 1. The molecular weight excluding hydrogens is 246 g/mol. The lowest BCUT2D eigenvalue weighted by Crippen LogP contribution is -2.45. The molecule has 6 heteroatoms. The van der Waals surface area contributed by atoms with E-state index in [4.69, 9.17) is 5.73 Å². The van der Waals surface area contributed by atoms with Crippen molar-refractivity contribution in [2.45, 2.75) is 33.7 Å². The van der Waals surface area contributed by atoms with Crippen molar-refractivity contribution in [2.75, 3.05) is 5.32 Å². The third kappa shape index (κ3) is 3.75. The molecule has 19 heavy (non-hydrogen) atoms. The van der Waals surface area contributed by atoms with Crippen molar-refractivity contribution in [1.29, 1.82) is 0 Å². The van der Waals surface area contributed by atoms with Gasteiger partial charge in [0.2, 0.25) is 5.91 Å². The van der Waals surface area contributed by atoms with Gasteiger partial charge < -0.3 is 11.1 Å². The molecule has 0 saturated heterocycles. The number of aryl methyl sites for hydroxylation is 1. The number of nitro groups is 1. The van der Waals surface area contributed by atoms with Crippen LogP contribution in [0.5, 0.6) is 0 Å². The molecule has 0 aromatic heterocycles. The van der Waals surface area contributed by atoms with Crippen LogP contribution in [0.15, 0.2) is 18.2 Å². The second-order valence-electron chi connectivity index (χ2n) is 5.59. The second kappa shape index (κ2) is 5.36. The summed E-state index contributed by atoms with van der Waals surface area (Å²) in [6, 6.07) is 3.78. The number of nitrogens with zero attached hydrogens (tertiary/aromatic N) is 1. The van der Waals surface area contributed by atoms with E-state index in [9.17, 15) is 14.9 Å². The largest absolute Gasteiger partial charge is 0.325 e. The highest BCUT2D eigenvalue weighted by Gasteiger charge is 2.27. The molecule has 0 bridgehead atoms. The Kier molecular flexibility index (Phi) is 4.26. The molecule has 1 rings (SSSR count). The Balaban J connectivity index is 2.87. The van der Waals surface area contributed by atoms with Gasteiger partial charge in [0.1, 0.15) is 0 Å². The molecule has 104 valence electrons.